The Labute approximate surface area is 185 Å². The average Bonchev–Trinajstić information content (AvgIpc) is 3.43. The summed E-state index contributed by atoms with van der Waals surface area (Å²) in [5.41, 5.74) is 1.04. The van der Waals surface area contributed by atoms with E-state index in [2.05, 4.69) is 22.5 Å². The third-order valence-corrected chi connectivity index (χ3v) is 5.68. The zero-order valence-corrected chi connectivity index (χ0v) is 18.9. The molecule has 0 bridgehead atoms. The van der Waals surface area contributed by atoms with Gasteiger partial charge in [0.25, 0.3) is 0 Å². The minimum absolute atomic E-state index is 0.324. The van der Waals surface area contributed by atoms with E-state index >= 15 is 0 Å². The molecular weight excluding hydrogens is 404 g/mol. The predicted molar refractivity (Wildman–Crippen MR) is 122 cm³/mol. The Morgan fingerprint density at radius 1 is 1.37 bits per heavy atom. The lowest BCUT2D eigenvalue weighted by molar-refractivity contribution is 0.0893. The zero-order chi connectivity index (χ0) is 21.2. The molecule has 2 aliphatic heterocycles. The van der Waals surface area contributed by atoms with E-state index < -0.39 is 0 Å². The van der Waals surface area contributed by atoms with Gasteiger partial charge in [0.05, 0.1) is 26.0 Å². The number of rotatable bonds is 10. The molecule has 30 heavy (non-hydrogen) atoms. The van der Waals surface area contributed by atoms with Crippen molar-refractivity contribution in [1.29, 1.82) is 0 Å². The van der Waals surface area contributed by atoms with Gasteiger partial charge in [-0.3, -0.25) is 4.99 Å². The highest BCUT2D eigenvalue weighted by Crippen LogP contribution is 2.33. The maximum atomic E-state index is 6.20. The van der Waals surface area contributed by atoms with Gasteiger partial charge >= 0.3 is 0 Å². The van der Waals surface area contributed by atoms with Crippen LogP contribution in [-0.2, 0) is 9.47 Å². The highest BCUT2D eigenvalue weighted by Gasteiger charge is 2.25. The summed E-state index contributed by atoms with van der Waals surface area (Å²) in [4.78, 5) is 7.03. The molecule has 2 atom stereocenters. The van der Waals surface area contributed by atoms with Gasteiger partial charge in [-0.05, 0) is 44.4 Å². The normalized spacial score (nSPS) is 21.8. The molecule has 2 fully saturated rings. The Balaban J connectivity index is 1.43. The van der Waals surface area contributed by atoms with E-state index in [4.69, 9.17) is 30.8 Å². The van der Waals surface area contributed by atoms with Gasteiger partial charge in [-0.25, -0.2) is 0 Å². The van der Waals surface area contributed by atoms with Crippen molar-refractivity contribution in [2.75, 3.05) is 64.6 Å². The molecule has 2 heterocycles. The van der Waals surface area contributed by atoms with E-state index in [0.29, 0.717) is 12.0 Å². The maximum absolute atomic E-state index is 6.20. The topological polar surface area (TPSA) is 67.4 Å². The summed E-state index contributed by atoms with van der Waals surface area (Å²) < 4.78 is 16.7. The van der Waals surface area contributed by atoms with E-state index in [-0.39, 0.29) is 0 Å². The average molecular weight is 439 g/mol. The summed E-state index contributed by atoms with van der Waals surface area (Å²) in [6.07, 6.45) is 3.07. The van der Waals surface area contributed by atoms with Crippen molar-refractivity contribution in [3.63, 3.8) is 0 Å². The van der Waals surface area contributed by atoms with Crippen molar-refractivity contribution >= 4 is 23.2 Å². The van der Waals surface area contributed by atoms with Crippen LogP contribution in [0, 0.1) is 5.92 Å². The Hall–Kier alpha value is -1.70. The molecule has 2 aliphatic rings. The molecule has 0 spiro atoms. The summed E-state index contributed by atoms with van der Waals surface area (Å²) in [6, 6.07) is 6.08. The minimum atomic E-state index is 0.324. The molecule has 7 nitrogen and oxygen atoms in total. The van der Waals surface area contributed by atoms with Gasteiger partial charge in [0.2, 0.25) is 0 Å². The number of aliphatic imine (C=N–C) groups is 1. The van der Waals surface area contributed by atoms with Crippen LogP contribution in [-0.4, -0.2) is 71.7 Å². The molecule has 3 rings (SSSR count). The van der Waals surface area contributed by atoms with Gasteiger partial charge < -0.3 is 29.7 Å². The number of guanidine groups is 1. The van der Waals surface area contributed by atoms with Crippen molar-refractivity contribution in [2.24, 2.45) is 10.9 Å². The second kappa shape index (κ2) is 12.2. The number of halogens is 1. The first kappa shape index (κ1) is 23.0. The first-order chi connectivity index (χ1) is 14.7. The number of anilines is 1. The number of methoxy groups -OCH3 is 1. The Bertz CT molecular complexity index is 682. The summed E-state index contributed by atoms with van der Waals surface area (Å²) in [5, 5.41) is 7.64. The number of ether oxygens (including phenoxy) is 3. The van der Waals surface area contributed by atoms with Gasteiger partial charge in [-0.2, -0.15) is 0 Å². The Morgan fingerprint density at radius 2 is 2.27 bits per heavy atom. The molecule has 0 aliphatic carbocycles. The zero-order valence-electron chi connectivity index (χ0n) is 18.2. The lowest BCUT2D eigenvalue weighted by atomic mass is 10.1. The van der Waals surface area contributed by atoms with Crippen LogP contribution in [0.3, 0.4) is 0 Å². The van der Waals surface area contributed by atoms with Crippen LogP contribution in [0.1, 0.15) is 26.2 Å². The first-order valence-electron chi connectivity index (χ1n) is 11.0. The first-order valence-corrected chi connectivity index (χ1v) is 11.4. The van der Waals surface area contributed by atoms with Crippen LogP contribution in [0.2, 0.25) is 5.02 Å². The van der Waals surface area contributed by atoms with Crippen molar-refractivity contribution in [2.45, 2.75) is 32.2 Å². The number of nitrogens with zero attached hydrogens (tertiary/aromatic N) is 2. The standard InChI is InChI=1S/C22H35ClN4O3/c1-3-24-22(25-9-4-11-29-15-17-8-12-30-16-17)26-19-7-10-27(14-19)20-13-18(23)5-6-21(20)28-2/h5-6,13,17,19H,3-4,7-12,14-16H2,1-2H3,(H2,24,25,26). The van der Waals surface area contributed by atoms with Crippen LogP contribution in [0.4, 0.5) is 5.69 Å². The van der Waals surface area contributed by atoms with E-state index in [1.54, 1.807) is 7.11 Å². The van der Waals surface area contributed by atoms with Crippen LogP contribution >= 0.6 is 11.6 Å². The van der Waals surface area contributed by atoms with Crippen LogP contribution in [0.25, 0.3) is 0 Å². The van der Waals surface area contributed by atoms with Gasteiger partial charge in [-0.1, -0.05) is 11.6 Å². The Morgan fingerprint density at radius 3 is 3.03 bits per heavy atom. The molecule has 2 saturated heterocycles. The molecule has 0 amide bonds. The third kappa shape index (κ3) is 6.93. The third-order valence-electron chi connectivity index (χ3n) is 5.45. The number of benzene rings is 1. The molecule has 0 radical (unpaired) electrons. The van der Waals surface area contributed by atoms with Crippen molar-refractivity contribution in [3.05, 3.63) is 23.2 Å². The maximum Gasteiger partial charge on any atom is 0.191 e. The SMILES string of the molecule is CCNC(=NCCCOCC1CCOC1)NC1CCN(c2cc(Cl)ccc2OC)C1. The fraction of sp³-hybridized carbons (Fsp3) is 0.682. The van der Waals surface area contributed by atoms with Gasteiger partial charge in [-0.15, -0.1) is 0 Å². The fourth-order valence-corrected chi connectivity index (χ4v) is 4.01. The van der Waals surface area contributed by atoms with E-state index in [0.717, 1.165) is 94.3 Å². The Kier molecular flexibility index (Phi) is 9.36. The van der Waals surface area contributed by atoms with Crippen molar-refractivity contribution in [1.82, 2.24) is 10.6 Å². The minimum Gasteiger partial charge on any atom is -0.495 e. The summed E-state index contributed by atoms with van der Waals surface area (Å²) in [6.45, 7) is 8.75. The highest BCUT2D eigenvalue weighted by atomic mass is 35.5. The second-order valence-corrected chi connectivity index (χ2v) is 8.25. The molecule has 0 saturated carbocycles. The summed E-state index contributed by atoms with van der Waals surface area (Å²) in [7, 11) is 1.69. The molecular formula is C22H35ClN4O3. The van der Waals surface area contributed by atoms with E-state index in [1.807, 2.05) is 18.2 Å². The molecule has 1 aromatic rings. The molecule has 2 N–H and O–H groups in total. The largest absolute Gasteiger partial charge is 0.495 e. The molecule has 2 unspecified atom stereocenters. The van der Waals surface area contributed by atoms with Gasteiger partial charge in [0.1, 0.15) is 5.75 Å². The van der Waals surface area contributed by atoms with E-state index in [1.165, 1.54) is 0 Å². The lowest BCUT2D eigenvalue weighted by Gasteiger charge is -2.22. The summed E-state index contributed by atoms with van der Waals surface area (Å²) >= 11 is 6.20. The number of nitrogens with one attached hydrogen (secondary N) is 2. The highest BCUT2D eigenvalue weighted by molar-refractivity contribution is 6.30. The lowest BCUT2D eigenvalue weighted by Crippen LogP contribution is -2.44. The van der Waals surface area contributed by atoms with Crippen LogP contribution in [0.5, 0.6) is 5.75 Å². The van der Waals surface area contributed by atoms with Crippen molar-refractivity contribution < 1.29 is 14.2 Å². The predicted octanol–water partition coefficient (Wildman–Crippen LogP) is 2.93. The van der Waals surface area contributed by atoms with Crippen LogP contribution < -0.4 is 20.3 Å². The quantitative estimate of drug-likeness (QED) is 0.332. The summed E-state index contributed by atoms with van der Waals surface area (Å²) in [5.74, 6) is 2.28. The molecule has 1 aromatic carbocycles. The van der Waals surface area contributed by atoms with E-state index in [9.17, 15) is 0 Å². The molecule has 8 heteroatoms. The van der Waals surface area contributed by atoms with Gasteiger partial charge in [0, 0.05) is 56.4 Å². The smallest absolute Gasteiger partial charge is 0.191 e. The van der Waals surface area contributed by atoms with Crippen LogP contribution in [0.15, 0.2) is 23.2 Å². The monoisotopic (exact) mass is 438 g/mol. The fourth-order valence-electron chi connectivity index (χ4n) is 3.84. The molecule has 168 valence electrons. The molecule has 0 aromatic heterocycles. The van der Waals surface area contributed by atoms with Gasteiger partial charge in [0.15, 0.2) is 5.96 Å². The number of hydrogen-bond donors (Lipinski definition) is 2. The van der Waals surface area contributed by atoms with Crippen molar-refractivity contribution in [3.8, 4) is 5.75 Å². The second-order valence-electron chi connectivity index (χ2n) is 7.81. The number of hydrogen-bond acceptors (Lipinski definition) is 5.